The summed E-state index contributed by atoms with van der Waals surface area (Å²) in [4.78, 5) is 40.3. The van der Waals surface area contributed by atoms with Crippen LogP contribution in [0.25, 0.3) is 0 Å². The molecule has 2 aliphatic rings. The van der Waals surface area contributed by atoms with Crippen LogP contribution in [0.1, 0.15) is 41.8 Å². The Morgan fingerprint density at radius 3 is 2.50 bits per heavy atom. The van der Waals surface area contributed by atoms with Crippen LogP contribution in [0, 0.1) is 6.92 Å². The van der Waals surface area contributed by atoms with E-state index in [1.807, 2.05) is 37.3 Å². The zero-order valence-electron chi connectivity index (χ0n) is 18.9. The summed E-state index contributed by atoms with van der Waals surface area (Å²) < 4.78 is 5.58. The summed E-state index contributed by atoms with van der Waals surface area (Å²) in [6.45, 7) is 3.22. The summed E-state index contributed by atoms with van der Waals surface area (Å²) in [5, 5.41) is 8.64. The van der Waals surface area contributed by atoms with Crippen LogP contribution in [-0.2, 0) is 15.1 Å². The SMILES string of the molecule is Cc1ccc(C2=NN(C(=O)CN3C(=O)N[C@](C)(c4ccccc4)C3=O)[C@@H](c3ccco3)C2)cc1. The summed E-state index contributed by atoms with van der Waals surface area (Å²) in [5.41, 5.74) is 2.18. The number of hydrogen-bond acceptors (Lipinski definition) is 5. The predicted octanol–water partition coefficient (Wildman–Crippen LogP) is 3.73. The van der Waals surface area contributed by atoms with Crippen molar-refractivity contribution in [3.63, 3.8) is 0 Å². The maximum absolute atomic E-state index is 13.4. The molecular weight excluding hydrogens is 432 g/mol. The third-order valence-electron chi connectivity index (χ3n) is 6.34. The predicted molar refractivity (Wildman–Crippen MR) is 125 cm³/mol. The number of carbonyl (C=O) groups excluding carboxylic acids is 3. The van der Waals surface area contributed by atoms with Gasteiger partial charge in [-0.2, -0.15) is 5.10 Å². The third kappa shape index (κ3) is 3.67. The van der Waals surface area contributed by atoms with Crippen LogP contribution >= 0.6 is 0 Å². The molecule has 8 nitrogen and oxygen atoms in total. The van der Waals surface area contributed by atoms with Gasteiger partial charge in [-0.1, -0.05) is 60.2 Å². The molecule has 0 saturated carbocycles. The van der Waals surface area contributed by atoms with Gasteiger partial charge in [-0.15, -0.1) is 0 Å². The summed E-state index contributed by atoms with van der Waals surface area (Å²) >= 11 is 0. The van der Waals surface area contributed by atoms with E-state index in [2.05, 4.69) is 10.4 Å². The van der Waals surface area contributed by atoms with Crippen LogP contribution in [0.3, 0.4) is 0 Å². The van der Waals surface area contributed by atoms with Gasteiger partial charge in [0.05, 0.1) is 12.0 Å². The van der Waals surface area contributed by atoms with Crippen molar-refractivity contribution in [2.24, 2.45) is 5.10 Å². The number of hydrogen-bond donors (Lipinski definition) is 1. The lowest BCUT2D eigenvalue weighted by Crippen LogP contribution is -2.43. The second kappa shape index (κ2) is 8.30. The molecule has 34 heavy (non-hydrogen) atoms. The van der Waals surface area contributed by atoms with Crippen molar-refractivity contribution in [2.75, 3.05) is 6.54 Å². The number of carbonyl (C=O) groups is 3. The molecule has 0 unspecified atom stereocenters. The molecule has 8 heteroatoms. The fraction of sp³-hybridized carbons (Fsp3) is 0.231. The van der Waals surface area contributed by atoms with Crippen LogP contribution in [0.4, 0.5) is 4.79 Å². The quantitative estimate of drug-likeness (QED) is 0.592. The van der Waals surface area contributed by atoms with Crippen LogP contribution in [0.5, 0.6) is 0 Å². The largest absolute Gasteiger partial charge is 0.467 e. The van der Waals surface area contributed by atoms with E-state index in [-0.39, 0.29) is 0 Å². The van der Waals surface area contributed by atoms with Gasteiger partial charge in [-0.3, -0.25) is 14.5 Å². The number of aryl methyl sites for hydroxylation is 1. The summed E-state index contributed by atoms with van der Waals surface area (Å²) in [5.74, 6) is -0.358. The number of furan rings is 1. The Morgan fingerprint density at radius 2 is 1.82 bits per heavy atom. The van der Waals surface area contributed by atoms with E-state index in [1.165, 1.54) is 5.01 Å². The van der Waals surface area contributed by atoms with Crippen molar-refractivity contribution >= 4 is 23.6 Å². The first-order valence-corrected chi connectivity index (χ1v) is 11.1. The molecule has 1 aromatic heterocycles. The maximum Gasteiger partial charge on any atom is 0.325 e. The molecule has 172 valence electrons. The molecule has 0 spiro atoms. The number of nitrogens with one attached hydrogen (secondary N) is 1. The standard InChI is InChI=1S/C26H24N4O4/c1-17-10-12-18(13-11-17)20-15-21(22-9-6-14-34-22)30(28-20)23(31)16-29-24(32)26(2,27-25(29)33)19-7-4-3-5-8-19/h3-14,21H,15-16H2,1-2H3,(H,27,33)/t21-,26-/m1/s1. The average Bonchev–Trinajstić information content (AvgIpc) is 3.56. The number of amides is 4. The van der Waals surface area contributed by atoms with Crippen LogP contribution in [0.15, 0.2) is 82.5 Å². The Morgan fingerprint density at radius 1 is 1.09 bits per heavy atom. The number of urea groups is 1. The van der Waals surface area contributed by atoms with E-state index in [0.717, 1.165) is 21.7 Å². The summed E-state index contributed by atoms with van der Waals surface area (Å²) in [6, 6.07) is 19.4. The van der Waals surface area contributed by atoms with Gasteiger partial charge in [0.1, 0.15) is 23.9 Å². The first-order valence-electron chi connectivity index (χ1n) is 11.1. The molecule has 5 rings (SSSR count). The van der Waals surface area contributed by atoms with Crippen molar-refractivity contribution in [2.45, 2.75) is 31.8 Å². The van der Waals surface area contributed by atoms with Crippen LogP contribution in [0.2, 0.25) is 0 Å². The molecule has 2 aromatic carbocycles. The monoisotopic (exact) mass is 456 g/mol. The minimum absolute atomic E-state index is 0.422. The van der Waals surface area contributed by atoms with E-state index in [1.54, 1.807) is 49.6 Å². The zero-order chi connectivity index (χ0) is 23.9. The Kier molecular flexibility index (Phi) is 5.28. The van der Waals surface area contributed by atoms with Gasteiger partial charge in [0.2, 0.25) is 0 Å². The van der Waals surface area contributed by atoms with Crippen LogP contribution in [-0.4, -0.2) is 40.0 Å². The number of nitrogens with zero attached hydrogens (tertiary/aromatic N) is 3. The highest BCUT2D eigenvalue weighted by molar-refractivity contribution is 6.09. The van der Waals surface area contributed by atoms with Gasteiger partial charge in [0.15, 0.2) is 0 Å². The number of hydrazone groups is 1. The molecule has 2 atom stereocenters. The van der Waals surface area contributed by atoms with E-state index in [0.29, 0.717) is 17.7 Å². The Labute approximate surface area is 196 Å². The maximum atomic E-state index is 13.4. The van der Waals surface area contributed by atoms with E-state index < -0.39 is 36.0 Å². The van der Waals surface area contributed by atoms with Crippen molar-refractivity contribution in [1.29, 1.82) is 0 Å². The van der Waals surface area contributed by atoms with E-state index >= 15 is 0 Å². The van der Waals surface area contributed by atoms with Gasteiger partial charge in [0.25, 0.3) is 11.8 Å². The molecule has 1 saturated heterocycles. The van der Waals surface area contributed by atoms with Gasteiger partial charge >= 0.3 is 6.03 Å². The molecule has 3 heterocycles. The molecule has 1 fully saturated rings. The topological polar surface area (TPSA) is 95.2 Å². The van der Waals surface area contributed by atoms with Gasteiger partial charge in [0, 0.05) is 6.42 Å². The van der Waals surface area contributed by atoms with Crippen molar-refractivity contribution in [3.8, 4) is 0 Å². The molecular formula is C26H24N4O4. The Hall–Kier alpha value is -4.20. The lowest BCUT2D eigenvalue weighted by molar-refractivity contribution is -0.140. The van der Waals surface area contributed by atoms with Crippen molar-refractivity contribution < 1.29 is 18.8 Å². The number of imide groups is 1. The minimum atomic E-state index is -1.24. The molecule has 0 bridgehead atoms. The second-order valence-corrected chi connectivity index (χ2v) is 8.70. The Bertz CT molecular complexity index is 1270. The smallest absolute Gasteiger partial charge is 0.325 e. The Balaban J connectivity index is 1.41. The third-order valence-corrected chi connectivity index (χ3v) is 6.34. The fourth-order valence-electron chi connectivity index (χ4n) is 4.38. The minimum Gasteiger partial charge on any atom is -0.467 e. The molecule has 0 radical (unpaired) electrons. The molecule has 0 aliphatic carbocycles. The lowest BCUT2D eigenvalue weighted by Gasteiger charge is -2.24. The normalized spacial score (nSPS) is 22.2. The summed E-state index contributed by atoms with van der Waals surface area (Å²) in [7, 11) is 0. The molecule has 3 aromatic rings. The average molecular weight is 457 g/mol. The second-order valence-electron chi connectivity index (χ2n) is 8.70. The number of benzene rings is 2. The van der Waals surface area contributed by atoms with Crippen LogP contribution < -0.4 is 5.32 Å². The highest BCUT2D eigenvalue weighted by Crippen LogP contribution is 2.34. The first-order chi connectivity index (χ1) is 16.4. The van der Waals surface area contributed by atoms with Gasteiger partial charge in [-0.25, -0.2) is 9.80 Å². The fourth-order valence-corrected chi connectivity index (χ4v) is 4.38. The molecule has 4 amide bonds. The molecule has 1 N–H and O–H groups in total. The van der Waals surface area contributed by atoms with Gasteiger partial charge in [-0.05, 0) is 37.1 Å². The zero-order valence-corrected chi connectivity index (χ0v) is 18.9. The highest BCUT2D eigenvalue weighted by atomic mass is 16.3. The lowest BCUT2D eigenvalue weighted by atomic mass is 9.92. The van der Waals surface area contributed by atoms with Crippen molar-refractivity contribution in [3.05, 3.63) is 95.4 Å². The molecule has 2 aliphatic heterocycles. The number of rotatable bonds is 5. The highest BCUT2D eigenvalue weighted by Gasteiger charge is 2.50. The van der Waals surface area contributed by atoms with E-state index in [4.69, 9.17) is 4.42 Å². The van der Waals surface area contributed by atoms with Crippen molar-refractivity contribution in [1.82, 2.24) is 15.2 Å². The van der Waals surface area contributed by atoms with Gasteiger partial charge < -0.3 is 9.73 Å². The summed E-state index contributed by atoms with van der Waals surface area (Å²) in [6.07, 6.45) is 2.01. The first kappa shape index (κ1) is 21.6. The van der Waals surface area contributed by atoms with E-state index in [9.17, 15) is 14.4 Å².